The molecule has 1 unspecified atom stereocenters. The van der Waals surface area contributed by atoms with Crippen molar-refractivity contribution in [2.45, 2.75) is 45.7 Å². The molecule has 4 heteroatoms. The summed E-state index contributed by atoms with van der Waals surface area (Å²) in [6.45, 7) is 10.8. The molecule has 0 radical (unpaired) electrons. The second kappa shape index (κ2) is 7.39. The van der Waals surface area contributed by atoms with E-state index < -0.39 is 0 Å². The van der Waals surface area contributed by atoms with Gasteiger partial charge in [0.1, 0.15) is 5.82 Å². The summed E-state index contributed by atoms with van der Waals surface area (Å²) in [5.41, 5.74) is 1.06. The second-order valence-electron chi connectivity index (χ2n) is 5.62. The van der Waals surface area contributed by atoms with Crippen molar-refractivity contribution in [2.24, 2.45) is 0 Å². The highest BCUT2D eigenvalue weighted by Crippen LogP contribution is 2.24. The van der Waals surface area contributed by atoms with Gasteiger partial charge in [-0.05, 0) is 58.1 Å². The number of halogens is 2. The maximum Gasteiger partial charge on any atom is 0.141 e. The minimum absolute atomic E-state index is 0.0130. The Balaban J connectivity index is 2.93. The quantitative estimate of drug-likeness (QED) is 0.825. The van der Waals surface area contributed by atoms with Gasteiger partial charge in [0.15, 0.2) is 0 Å². The lowest BCUT2D eigenvalue weighted by molar-refractivity contribution is 0.0943. The highest BCUT2D eigenvalue weighted by molar-refractivity contribution is 6.30. The van der Waals surface area contributed by atoms with Crippen LogP contribution in [0.5, 0.6) is 0 Å². The molecule has 1 rings (SSSR count). The molecule has 0 heterocycles. The molecule has 0 aromatic heterocycles. The molecule has 0 aliphatic heterocycles. The third kappa shape index (κ3) is 3.94. The fraction of sp³-hybridized carbons (Fsp3) is 0.625. The number of hydrogen-bond donors (Lipinski definition) is 1. The Morgan fingerprint density at radius 1 is 1.30 bits per heavy atom. The van der Waals surface area contributed by atoms with Crippen molar-refractivity contribution in [1.82, 2.24) is 10.2 Å². The van der Waals surface area contributed by atoms with Gasteiger partial charge < -0.3 is 5.32 Å². The number of likely N-dealkylation sites (N-methyl/N-ethyl adjacent to an activating group) is 2. The summed E-state index contributed by atoms with van der Waals surface area (Å²) in [6, 6.07) is 5.24. The molecule has 0 bridgehead atoms. The molecule has 2 nitrogen and oxygen atoms in total. The van der Waals surface area contributed by atoms with Gasteiger partial charge in [-0.3, -0.25) is 4.90 Å². The van der Waals surface area contributed by atoms with Crippen molar-refractivity contribution in [3.05, 3.63) is 34.6 Å². The molecule has 114 valence electrons. The predicted molar refractivity (Wildman–Crippen MR) is 85.0 cm³/mol. The van der Waals surface area contributed by atoms with E-state index in [9.17, 15) is 4.39 Å². The summed E-state index contributed by atoms with van der Waals surface area (Å²) in [6.07, 6.45) is 0.819. The summed E-state index contributed by atoms with van der Waals surface area (Å²) in [5, 5.41) is 3.59. The van der Waals surface area contributed by atoms with Crippen LogP contribution in [0.2, 0.25) is 5.02 Å². The monoisotopic (exact) mass is 300 g/mol. The average molecular weight is 301 g/mol. The minimum atomic E-state index is -0.362. The first-order valence-electron chi connectivity index (χ1n) is 7.23. The van der Waals surface area contributed by atoms with E-state index in [-0.39, 0.29) is 22.4 Å². The van der Waals surface area contributed by atoms with Crippen LogP contribution in [0.25, 0.3) is 0 Å². The largest absolute Gasteiger partial charge is 0.315 e. The highest BCUT2D eigenvalue weighted by Gasteiger charge is 2.33. The first kappa shape index (κ1) is 17.4. The van der Waals surface area contributed by atoms with Gasteiger partial charge in [0.2, 0.25) is 0 Å². The fourth-order valence-corrected chi connectivity index (χ4v) is 3.07. The Morgan fingerprint density at radius 3 is 2.35 bits per heavy atom. The Morgan fingerprint density at radius 2 is 1.90 bits per heavy atom. The maximum atomic E-state index is 13.2. The van der Waals surface area contributed by atoms with Gasteiger partial charge in [-0.25, -0.2) is 4.39 Å². The Kier molecular flexibility index (Phi) is 6.44. The molecule has 0 aliphatic rings. The lowest BCUT2D eigenvalue weighted by atomic mass is 9.87. The van der Waals surface area contributed by atoms with Crippen molar-refractivity contribution in [2.75, 3.05) is 20.1 Å². The Bertz CT molecular complexity index is 430. The standard InChI is InChI=1S/C16H26ClFN2/c1-6-20(7-2)16(3,4)15(19-5)11-12-8-9-14(18)13(17)10-12/h8-10,15,19H,6-7,11H2,1-5H3. The summed E-state index contributed by atoms with van der Waals surface area (Å²) in [7, 11) is 1.97. The molecule has 0 saturated heterocycles. The van der Waals surface area contributed by atoms with Crippen LogP contribution < -0.4 is 5.32 Å². The molecule has 1 atom stereocenters. The first-order valence-corrected chi connectivity index (χ1v) is 7.60. The third-order valence-electron chi connectivity index (χ3n) is 4.20. The smallest absolute Gasteiger partial charge is 0.141 e. The lowest BCUT2D eigenvalue weighted by Gasteiger charge is -2.43. The van der Waals surface area contributed by atoms with Crippen LogP contribution >= 0.6 is 11.6 Å². The zero-order chi connectivity index (χ0) is 15.3. The third-order valence-corrected chi connectivity index (χ3v) is 4.49. The molecule has 1 aromatic carbocycles. The normalized spacial score (nSPS) is 13.8. The van der Waals surface area contributed by atoms with Gasteiger partial charge in [-0.15, -0.1) is 0 Å². The second-order valence-corrected chi connectivity index (χ2v) is 6.03. The number of nitrogens with one attached hydrogen (secondary N) is 1. The summed E-state index contributed by atoms with van der Waals surface area (Å²) < 4.78 is 13.2. The number of rotatable bonds is 7. The number of hydrogen-bond acceptors (Lipinski definition) is 2. The molecular formula is C16H26ClFN2. The van der Waals surface area contributed by atoms with Gasteiger partial charge >= 0.3 is 0 Å². The van der Waals surface area contributed by atoms with Crippen LogP contribution in [-0.2, 0) is 6.42 Å². The number of benzene rings is 1. The van der Waals surface area contributed by atoms with Crippen LogP contribution in [0.3, 0.4) is 0 Å². The van der Waals surface area contributed by atoms with E-state index in [0.29, 0.717) is 0 Å². The van der Waals surface area contributed by atoms with E-state index in [1.54, 1.807) is 6.07 Å². The van der Waals surface area contributed by atoms with Crippen LogP contribution in [0.4, 0.5) is 4.39 Å². The molecule has 20 heavy (non-hydrogen) atoms. The van der Waals surface area contributed by atoms with E-state index in [2.05, 4.69) is 37.9 Å². The molecule has 0 spiro atoms. The van der Waals surface area contributed by atoms with Gasteiger partial charge in [-0.2, -0.15) is 0 Å². The topological polar surface area (TPSA) is 15.3 Å². The van der Waals surface area contributed by atoms with Crippen molar-refractivity contribution in [3.8, 4) is 0 Å². The van der Waals surface area contributed by atoms with Crippen LogP contribution in [0.1, 0.15) is 33.3 Å². The SMILES string of the molecule is CCN(CC)C(C)(C)C(Cc1ccc(F)c(Cl)c1)NC. The molecule has 1 aromatic rings. The highest BCUT2D eigenvalue weighted by atomic mass is 35.5. The molecule has 0 saturated carbocycles. The zero-order valence-corrected chi connectivity index (χ0v) is 13.9. The summed E-state index contributed by atoms with van der Waals surface area (Å²) in [4.78, 5) is 2.43. The van der Waals surface area contributed by atoms with Crippen LogP contribution in [-0.4, -0.2) is 36.6 Å². The minimum Gasteiger partial charge on any atom is -0.315 e. The molecular weight excluding hydrogens is 275 g/mol. The van der Waals surface area contributed by atoms with Crippen molar-refractivity contribution in [1.29, 1.82) is 0 Å². The lowest BCUT2D eigenvalue weighted by Crippen LogP contribution is -2.57. The van der Waals surface area contributed by atoms with Gasteiger partial charge in [0.25, 0.3) is 0 Å². The zero-order valence-electron chi connectivity index (χ0n) is 13.1. The number of nitrogens with zero attached hydrogens (tertiary/aromatic N) is 1. The molecule has 0 amide bonds. The first-order chi connectivity index (χ1) is 9.36. The van der Waals surface area contributed by atoms with Gasteiger partial charge in [-0.1, -0.05) is 31.5 Å². The Hall–Kier alpha value is -0.640. The van der Waals surface area contributed by atoms with Gasteiger partial charge in [0.05, 0.1) is 5.02 Å². The molecule has 0 fully saturated rings. The van der Waals surface area contributed by atoms with E-state index in [1.807, 2.05) is 13.1 Å². The van der Waals surface area contributed by atoms with E-state index >= 15 is 0 Å². The average Bonchev–Trinajstić information content (AvgIpc) is 2.40. The van der Waals surface area contributed by atoms with Crippen LogP contribution in [0, 0.1) is 5.82 Å². The fourth-order valence-electron chi connectivity index (χ4n) is 2.87. The molecule has 0 aliphatic carbocycles. The predicted octanol–water partition coefficient (Wildman–Crippen LogP) is 3.73. The van der Waals surface area contributed by atoms with Crippen molar-refractivity contribution >= 4 is 11.6 Å². The molecule has 1 N–H and O–H groups in total. The van der Waals surface area contributed by atoms with Crippen LogP contribution in [0.15, 0.2) is 18.2 Å². The van der Waals surface area contributed by atoms with Crippen molar-refractivity contribution in [3.63, 3.8) is 0 Å². The van der Waals surface area contributed by atoms with E-state index in [4.69, 9.17) is 11.6 Å². The van der Waals surface area contributed by atoms with Crippen molar-refractivity contribution < 1.29 is 4.39 Å². The van der Waals surface area contributed by atoms with E-state index in [0.717, 1.165) is 25.1 Å². The summed E-state index contributed by atoms with van der Waals surface area (Å²) in [5.74, 6) is -0.362. The summed E-state index contributed by atoms with van der Waals surface area (Å²) >= 11 is 5.87. The Labute approximate surface area is 127 Å². The van der Waals surface area contributed by atoms with E-state index in [1.165, 1.54) is 6.07 Å². The maximum absolute atomic E-state index is 13.2. The van der Waals surface area contributed by atoms with Gasteiger partial charge in [0, 0.05) is 11.6 Å².